The van der Waals surface area contributed by atoms with Crippen LogP contribution in [0.2, 0.25) is 0 Å². The van der Waals surface area contributed by atoms with Crippen LogP contribution in [-0.2, 0) is 4.79 Å². The zero-order chi connectivity index (χ0) is 11.7. The normalized spacial score (nSPS) is 14.9. The van der Waals surface area contributed by atoms with Gasteiger partial charge in [0.25, 0.3) is 0 Å². The molecule has 0 aliphatic carbocycles. The van der Waals surface area contributed by atoms with E-state index in [4.69, 9.17) is 0 Å². The SMILES string of the molecule is CCCCCCCC[C@H](O)[C@H](C)C(C)=O. The van der Waals surface area contributed by atoms with Crippen LogP contribution in [0, 0.1) is 5.92 Å². The molecular formula is C13H26O2. The molecule has 0 spiro atoms. The fraction of sp³-hybridized carbons (Fsp3) is 0.923. The molecule has 0 fully saturated rings. The molecule has 0 aromatic heterocycles. The number of Topliss-reactive ketones (excluding diaryl/α,β-unsaturated/α-hetero) is 1. The first-order valence-electron chi connectivity index (χ1n) is 6.28. The first-order valence-corrected chi connectivity index (χ1v) is 6.28. The van der Waals surface area contributed by atoms with Gasteiger partial charge in [-0.05, 0) is 13.3 Å². The molecule has 0 bridgehead atoms. The molecule has 2 atom stereocenters. The minimum Gasteiger partial charge on any atom is -0.392 e. The number of hydrogen-bond acceptors (Lipinski definition) is 2. The second kappa shape index (κ2) is 8.90. The Kier molecular flexibility index (Phi) is 8.68. The standard InChI is InChI=1S/C13H26O2/c1-4-5-6-7-8-9-10-13(15)11(2)12(3)14/h11,13,15H,4-10H2,1-3H3/t11-,13+/m1/s1. The summed E-state index contributed by atoms with van der Waals surface area (Å²) in [5.41, 5.74) is 0. The average Bonchev–Trinajstić information content (AvgIpc) is 2.21. The third kappa shape index (κ3) is 7.55. The Morgan fingerprint density at radius 1 is 1.13 bits per heavy atom. The predicted molar refractivity (Wildman–Crippen MR) is 63.8 cm³/mol. The van der Waals surface area contributed by atoms with E-state index in [2.05, 4.69) is 6.92 Å². The van der Waals surface area contributed by atoms with E-state index in [0.29, 0.717) is 0 Å². The number of carbonyl (C=O) groups excluding carboxylic acids is 1. The molecule has 1 N–H and O–H groups in total. The van der Waals surface area contributed by atoms with Crippen LogP contribution >= 0.6 is 0 Å². The van der Waals surface area contributed by atoms with Gasteiger partial charge in [-0.1, -0.05) is 52.4 Å². The summed E-state index contributed by atoms with van der Waals surface area (Å²) in [6, 6.07) is 0. The average molecular weight is 214 g/mol. The highest BCUT2D eigenvalue weighted by molar-refractivity contribution is 5.78. The minimum atomic E-state index is -0.436. The van der Waals surface area contributed by atoms with Gasteiger partial charge in [-0.3, -0.25) is 4.79 Å². The van der Waals surface area contributed by atoms with E-state index < -0.39 is 6.10 Å². The molecule has 90 valence electrons. The Hall–Kier alpha value is -0.370. The van der Waals surface area contributed by atoms with Gasteiger partial charge in [0, 0.05) is 5.92 Å². The highest BCUT2D eigenvalue weighted by Gasteiger charge is 2.17. The number of aliphatic hydroxyl groups excluding tert-OH is 1. The van der Waals surface area contributed by atoms with Gasteiger partial charge in [-0.15, -0.1) is 0 Å². The highest BCUT2D eigenvalue weighted by atomic mass is 16.3. The van der Waals surface area contributed by atoms with Crippen molar-refractivity contribution in [1.29, 1.82) is 0 Å². The molecular weight excluding hydrogens is 188 g/mol. The van der Waals surface area contributed by atoms with E-state index in [0.717, 1.165) is 12.8 Å². The monoisotopic (exact) mass is 214 g/mol. The quantitative estimate of drug-likeness (QED) is 0.598. The lowest BCUT2D eigenvalue weighted by Crippen LogP contribution is -2.23. The van der Waals surface area contributed by atoms with Gasteiger partial charge in [-0.2, -0.15) is 0 Å². The molecule has 0 aliphatic rings. The fourth-order valence-corrected chi connectivity index (χ4v) is 1.65. The van der Waals surface area contributed by atoms with Crippen molar-refractivity contribution in [3.8, 4) is 0 Å². The third-order valence-corrected chi connectivity index (χ3v) is 3.07. The largest absolute Gasteiger partial charge is 0.392 e. The van der Waals surface area contributed by atoms with Crippen LogP contribution in [0.1, 0.15) is 65.7 Å². The Labute approximate surface area is 94.1 Å². The van der Waals surface area contributed by atoms with Gasteiger partial charge in [-0.25, -0.2) is 0 Å². The maximum Gasteiger partial charge on any atom is 0.135 e. The number of unbranched alkanes of at least 4 members (excludes halogenated alkanes) is 5. The lowest BCUT2D eigenvalue weighted by atomic mass is 9.95. The number of hydrogen-bond donors (Lipinski definition) is 1. The molecule has 0 unspecified atom stereocenters. The van der Waals surface area contributed by atoms with E-state index in [9.17, 15) is 9.90 Å². The maximum absolute atomic E-state index is 11.0. The van der Waals surface area contributed by atoms with Gasteiger partial charge in [0.2, 0.25) is 0 Å². The van der Waals surface area contributed by atoms with Crippen LogP contribution in [0.25, 0.3) is 0 Å². The van der Waals surface area contributed by atoms with E-state index >= 15 is 0 Å². The summed E-state index contributed by atoms with van der Waals surface area (Å²) in [5.74, 6) is -0.103. The Morgan fingerprint density at radius 2 is 1.67 bits per heavy atom. The van der Waals surface area contributed by atoms with Crippen molar-refractivity contribution in [2.75, 3.05) is 0 Å². The fourth-order valence-electron chi connectivity index (χ4n) is 1.65. The molecule has 0 aromatic carbocycles. The Bertz CT molecular complexity index is 166. The molecule has 15 heavy (non-hydrogen) atoms. The maximum atomic E-state index is 11.0. The summed E-state index contributed by atoms with van der Waals surface area (Å²) in [5, 5.41) is 9.67. The number of ketones is 1. The van der Waals surface area contributed by atoms with Crippen LogP contribution in [0.15, 0.2) is 0 Å². The first kappa shape index (κ1) is 14.6. The zero-order valence-electron chi connectivity index (χ0n) is 10.5. The van der Waals surface area contributed by atoms with Crippen molar-refractivity contribution in [1.82, 2.24) is 0 Å². The number of rotatable bonds is 9. The van der Waals surface area contributed by atoms with E-state index in [1.54, 1.807) is 6.92 Å². The predicted octanol–water partition coefficient (Wildman–Crippen LogP) is 3.32. The lowest BCUT2D eigenvalue weighted by molar-refractivity contribution is -0.123. The lowest BCUT2D eigenvalue weighted by Gasteiger charge is -2.15. The van der Waals surface area contributed by atoms with Gasteiger partial charge < -0.3 is 5.11 Å². The van der Waals surface area contributed by atoms with E-state index in [-0.39, 0.29) is 11.7 Å². The Morgan fingerprint density at radius 3 is 2.20 bits per heavy atom. The van der Waals surface area contributed by atoms with E-state index in [1.165, 1.54) is 32.1 Å². The van der Waals surface area contributed by atoms with Crippen LogP contribution < -0.4 is 0 Å². The summed E-state index contributed by atoms with van der Waals surface area (Å²) in [7, 11) is 0. The molecule has 0 heterocycles. The molecule has 0 amide bonds. The van der Waals surface area contributed by atoms with E-state index in [1.807, 2.05) is 6.92 Å². The van der Waals surface area contributed by atoms with Gasteiger partial charge in [0.15, 0.2) is 0 Å². The summed E-state index contributed by atoms with van der Waals surface area (Å²) in [4.78, 5) is 11.0. The highest BCUT2D eigenvalue weighted by Crippen LogP contribution is 2.13. The molecule has 0 saturated heterocycles. The van der Waals surface area contributed by atoms with Crippen molar-refractivity contribution < 1.29 is 9.90 Å². The number of carbonyl (C=O) groups is 1. The second-order valence-corrected chi connectivity index (χ2v) is 4.52. The summed E-state index contributed by atoms with van der Waals surface area (Å²) in [6.07, 6.45) is 7.70. The molecule has 0 saturated carbocycles. The second-order valence-electron chi connectivity index (χ2n) is 4.52. The van der Waals surface area contributed by atoms with Crippen molar-refractivity contribution in [2.45, 2.75) is 71.8 Å². The Balaban J connectivity index is 3.38. The summed E-state index contributed by atoms with van der Waals surface area (Å²) >= 11 is 0. The molecule has 2 nitrogen and oxygen atoms in total. The molecule has 0 rings (SSSR count). The molecule has 0 aliphatic heterocycles. The van der Waals surface area contributed by atoms with Crippen LogP contribution in [0.5, 0.6) is 0 Å². The summed E-state index contributed by atoms with van der Waals surface area (Å²) < 4.78 is 0. The molecule has 0 aromatic rings. The van der Waals surface area contributed by atoms with Gasteiger partial charge in [0.05, 0.1) is 6.10 Å². The zero-order valence-corrected chi connectivity index (χ0v) is 10.5. The van der Waals surface area contributed by atoms with Crippen LogP contribution in [-0.4, -0.2) is 17.0 Å². The molecule has 2 heteroatoms. The third-order valence-electron chi connectivity index (χ3n) is 3.07. The van der Waals surface area contributed by atoms with Crippen LogP contribution in [0.4, 0.5) is 0 Å². The number of aliphatic hydroxyl groups is 1. The van der Waals surface area contributed by atoms with Gasteiger partial charge in [0.1, 0.15) is 5.78 Å². The molecule has 0 radical (unpaired) electrons. The summed E-state index contributed by atoms with van der Waals surface area (Å²) in [6.45, 7) is 5.57. The minimum absolute atomic E-state index is 0.0912. The smallest absolute Gasteiger partial charge is 0.135 e. The van der Waals surface area contributed by atoms with Crippen molar-refractivity contribution in [2.24, 2.45) is 5.92 Å². The van der Waals surface area contributed by atoms with Gasteiger partial charge >= 0.3 is 0 Å². The van der Waals surface area contributed by atoms with Crippen LogP contribution in [0.3, 0.4) is 0 Å². The van der Waals surface area contributed by atoms with Crippen molar-refractivity contribution in [3.05, 3.63) is 0 Å². The topological polar surface area (TPSA) is 37.3 Å². The first-order chi connectivity index (χ1) is 7.09. The van der Waals surface area contributed by atoms with Crippen molar-refractivity contribution >= 4 is 5.78 Å². The van der Waals surface area contributed by atoms with Crippen molar-refractivity contribution in [3.63, 3.8) is 0 Å².